The van der Waals surface area contributed by atoms with Gasteiger partial charge >= 0.3 is 6.18 Å². The molecule has 0 bridgehead atoms. The van der Waals surface area contributed by atoms with E-state index in [1.165, 1.54) is 0 Å². The highest BCUT2D eigenvalue weighted by Gasteiger charge is 2.39. The molecular formula is C12H13F3N2O. The Morgan fingerprint density at radius 3 is 2.61 bits per heavy atom. The predicted molar refractivity (Wildman–Crippen MR) is 61.2 cm³/mol. The molecule has 18 heavy (non-hydrogen) atoms. The maximum Gasteiger partial charge on any atom is 0.414 e. The second-order valence-electron chi connectivity index (χ2n) is 4.02. The Morgan fingerprint density at radius 2 is 2.00 bits per heavy atom. The highest BCUT2D eigenvalue weighted by Crippen LogP contribution is 2.24. The number of nitrogens with zero attached hydrogens (tertiary/aromatic N) is 2. The van der Waals surface area contributed by atoms with Crippen LogP contribution < -0.4 is 0 Å². The first-order valence-corrected chi connectivity index (χ1v) is 5.62. The van der Waals surface area contributed by atoms with Gasteiger partial charge in [0.05, 0.1) is 11.0 Å². The van der Waals surface area contributed by atoms with E-state index in [4.69, 9.17) is 5.11 Å². The number of rotatable bonds is 3. The van der Waals surface area contributed by atoms with Crippen molar-refractivity contribution >= 4 is 11.0 Å². The Labute approximate surface area is 102 Å². The van der Waals surface area contributed by atoms with Crippen molar-refractivity contribution in [1.29, 1.82) is 0 Å². The molecule has 1 aromatic carbocycles. The standard InChI is InChI=1S/C12H13F3N2O/c1-2-17-9-6-4-3-5-8(9)16-11(17)7-10(18)12(13,14)15/h3-6,10,18H,2,7H2,1H3/t10-/m0/s1. The number of benzene rings is 1. The highest BCUT2D eigenvalue weighted by atomic mass is 19.4. The third-order valence-electron chi connectivity index (χ3n) is 2.80. The first-order valence-electron chi connectivity index (χ1n) is 5.62. The third kappa shape index (κ3) is 2.33. The summed E-state index contributed by atoms with van der Waals surface area (Å²) < 4.78 is 38.7. The van der Waals surface area contributed by atoms with Crippen LogP contribution in [0.5, 0.6) is 0 Å². The van der Waals surface area contributed by atoms with Crippen molar-refractivity contribution in [2.75, 3.05) is 0 Å². The SMILES string of the molecule is CCn1c(C[C@H](O)C(F)(F)F)nc2ccccc21. The van der Waals surface area contributed by atoms with Crippen molar-refractivity contribution in [3.05, 3.63) is 30.1 Å². The molecule has 0 unspecified atom stereocenters. The molecule has 0 aliphatic rings. The summed E-state index contributed by atoms with van der Waals surface area (Å²) in [4.78, 5) is 4.14. The van der Waals surface area contributed by atoms with Gasteiger partial charge in [0.1, 0.15) is 5.82 Å². The maximum atomic E-state index is 12.3. The Balaban J connectivity index is 2.39. The quantitative estimate of drug-likeness (QED) is 0.918. The lowest BCUT2D eigenvalue weighted by molar-refractivity contribution is -0.203. The van der Waals surface area contributed by atoms with E-state index in [1.54, 1.807) is 28.8 Å². The molecule has 2 rings (SSSR count). The van der Waals surface area contributed by atoms with Crippen molar-refractivity contribution in [3.63, 3.8) is 0 Å². The van der Waals surface area contributed by atoms with Gasteiger partial charge in [-0.1, -0.05) is 12.1 Å². The number of aromatic nitrogens is 2. The summed E-state index contributed by atoms with van der Waals surface area (Å²) in [7, 11) is 0. The summed E-state index contributed by atoms with van der Waals surface area (Å²) in [5.41, 5.74) is 1.42. The normalized spacial score (nSPS) is 14.1. The molecule has 98 valence electrons. The van der Waals surface area contributed by atoms with Crippen molar-refractivity contribution in [1.82, 2.24) is 9.55 Å². The fourth-order valence-corrected chi connectivity index (χ4v) is 1.92. The first kappa shape index (κ1) is 12.9. The van der Waals surface area contributed by atoms with Gasteiger partial charge in [0.15, 0.2) is 6.10 Å². The molecule has 1 aromatic heterocycles. The van der Waals surface area contributed by atoms with Crippen molar-refractivity contribution in [2.24, 2.45) is 0 Å². The van der Waals surface area contributed by atoms with Crippen LogP contribution in [0.1, 0.15) is 12.7 Å². The van der Waals surface area contributed by atoms with Crippen LogP contribution in [-0.4, -0.2) is 26.9 Å². The zero-order valence-electron chi connectivity index (χ0n) is 9.78. The molecule has 6 heteroatoms. The van der Waals surface area contributed by atoms with Gasteiger partial charge in [0, 0.05) is 13.0 Å². The lowest BCUT2D eigenvalue weighted by Gasteiger charge is -2.14. The summed E-state index contributed by atoms with van der Waals surface area (Å²) >= 11 is 0. The number of halogens is 3. The minimum absolute atomic E-state index is 0.253. The third-order valence-corrected chi connectivity index (χ3v) is 2.80. The number of aliphatic hydroxyl groups is 1. The summed E-state index contributed by atoms with van der Waals surface area (Å²) in [6.45, 7) is 2.35. The van der Waals surface area contributed by atoms with Crippen LogP contribution in [0.25, 0.3) is 11.0 Å². The fraction of sp³-hybridized carbons (Fsp3) is 0.417. The van der Waals surface area contributed by atoms with Crippen LogP contribution in [-0.2, 0) is 13.0 Å². The Hall–Kier alpha value is -1.56. The molecule has 1 heterocycles. The van der Waals surface area contributed by atoms with Gasteiger partial charge in [-0.15, -0.1) is 0 Å². The molecule has 3 nitrogen and oxygen atoms in total. The first-order chi connectivity index (χ1) is 8.43. The van der Waals surface area contributed by atoms with E-state index >= 15 is 0 Å². The molecule has 2 aromatic rings. The van der Waals surface area contributed by atoms with Gasteiger partial charge in [0.25, 0.3) is 0 Å². The van der Waals surface area contributed by atoms with Crippen LogP contribution in [0, 0.1) is 0 Å². The van der Waals surface area contributed by atoms with E-state index in [0.29, 0.717) is 12.1 Å². The van der Waals surface area contributed by atoms with E-state index in [1.807, 2.05) is 6.92 Å². The Bertz CT molecular complexity index is 548. The van der Waals surface area contributed by atoms with E-state index in [-0.39, 0.29) is 5.82 Å². The molecule has 0 spiro atoms. The van der Waals surface area contributed by atoms with E-state index in [2.05, 4.69) is 4.98 Å². The van der Waals surface area contributed by atoms with Gasteiger partial charge in [0.2, 0.25) is 0 Å². The average molecular weight is 258 g/mol. The van der Waals surface area contributed by atoms with Crippen LogP contribution in [0.4, 0.5) is 13.2 Å². The molecule has 0 saturated carbocycles. The summed E-state index contributed by atoms with van der Waals surface area (Å²) in [6.07, 6.45) is -7.51. The molecule has 1 atom stereocenters. The monoisotopic (exact) mass is 258 g/mol. The van der Waals surface area contributed by atoms with Crippen molar-refractivity contribution in [3.8, 4) is 0 Å². The van der Waals surface area contributed by atoms with Crippen LogP contribution in [0.15, 0.2) is 24.3 Å². The van der Waals surface area contributed by atoms with Gasteiger partial charge in [-0.05, 0) is 19.1 Å². The van der Waals surface area contributed by atoms with Gasteiger partial charge in [-0.25, -0.2) is 4.98 Å². The zero-order chi connectivity index (χ0) is 13.3. The summed E-state index contributed by atoms with van der Waals surface area (Å²) in [5.74, 6) is 0.253. The van der Waals surface area contributed by atoms with Crippen molar-refractivity contribution in [2.45, 2.75) is 32.2 Å². The lowest BCUT2D eigenvalue weighted by atomic mass is 10.2. The summed E-state index contributed by atoms with van der Waals surface area (Å²) in [6, 6.07) is 7.12. The number of aryl methyl sites for hydroxylation is 1. The highest BCUT2D eigenvalue weighted by molar-refractivity contribution is 5.75. The molecule has 0 amide bonds. The Morgan fingerprint density at radius 1 is 1.33 bits per heavy atom. The number of aliphatic hydroxyl groups excluding tert-OH is 1. The molecule has 0 saturated heterocycles. The summed E-state index contributed by atoms with van der Waals surface area (Å²) in [5, 5.41) is 9.11. The number of alkyl halides is 3. The predicted octanol–water partition coefficient (Wildman–Crippen LogP) is 2.52. The second-order valence-corrected chi connectivity index (χ2v) is 4.02. The zero-order valence-corrected chi connectivity index (χ0v) is 9.78. The van der Waals surface area contributed by atoms with Crippen LogP contribution in [0.2, 0.25) is 0 Å². The van der Waals surface area contributed by atoms with Gasteiger partial charge < -0.3 is 9.67 Å². The largest absolute Gasteiger partial charge is 0.414 e. The van der Waals surface area contributed by atoms with Gasteiger partial charge in [-0.3, -0.25) is 0 Å². The maximum absolute atomic E-state index is 12.3. The van der Waals surface area contributed by atoms with Crippen molar-refractivity contribution < 1.29 is 18.3 Å². The second kappa shape index (κ2) is 4.61. The van der Waals surface area contributed by atoms with E-state index < -0.39 is 18.7 Å². The lowest BCUT2D eigenvalue weighted by Crippen LogP contribution is -2.31. The smallest absolute Gasteiger partial charge is 0.383 e. The van der Waals surface area contributed by atoms with Crippen LogP contribution in [0.3, 0.4) is 0 Å². The molecule has 1 N–H and O–H groups in total. The molecule has 0 fully saturated rings. The molecule has 0 aliphatic carbocycles. The van der Waals surface area contributed by atoms with E-state index in [9.17, 15) is 13.2 Å². The average Bonchev–Trinajstić information content (AvgIpc) is 2.64. The number of para-hydroxylation sites is 2. The minimum atomic E-state index is -4.61. The Kier molecular flexibility index (Phi) is 3.30. The molecule has 0 aliphatic heterocycles. The fourth-order valence-electron chi connectivity index (χ4n) is 1.92. The number of hydrogen-bond donors (Lipinski definition) is 1. The molecule has 0 radical (unpaired) electrons. The number of imidazole rings is 1. The minimum Gasteiger partial charge on any atom is -0.383 e. The molecular weight excluding hydrogens is 245 g/mol. The topological polar surface area (TPSA) is 38.0 Å². The number of fused-ring (bicyclic) bond motifs is 1. The van der Waals surface area contributed by atoms with Crippen LogP contribution >= 0.6 is 0 Å². The van der Waals surface area contributed by atoms with E-state index in [0.717, 1.165) is 5.52 Å². The van der Waals surface area contributed by atoms with Gasteiger partial charge in [-0.2, -0.15) is 13.2 Å². The number of hydrogen-bond acceptors (Lipinski definition) is 2.